The molecule has 2 heterocycles. The topological polar surface area (TPSA) is 66.9 Å². The predicted octanol–water partition coefficient (Wildman–Crippen LogP) is 3.51. The molecule has 0 bridgehead atoms. The second-order valence-corrected chi connectivity index (χ2v) is 10.1. The molecule has 1 saturated heterocycles. The summed E-state index contributed by atoms with van der Waals surface area (Å²) < 4.78 is 56.6. The van der Waals surface area contributed by atoms with Gasteiger partial charge in [-0.1, -0.05) is 18.2 Å². The number of piperazine rings is 1. The third-order valence-electron chi connectivity index (χ3n) is 4.70. The van der Waals surface area contributed by atoms with Crippen LogP contribution in [0.15, 0.2) is 41.3 Å². The van der Waals surface area contributed by atoms with E-state index in [0.29, 0.717) is 10.5 Å². The zero-order valence-electron chi connectivity index (χ0n) is 16.5. The summed E-state index contributed by atoms with van der Waals surface area (Å²) in [5, 5.41) is 0. The summed E-state index contributed by atoms with van der Waals surface area (Å²) in [6, 6.07) is 7.85. The number of carbonyl (C=O) groups is 1. The first-order valence-corrected chi connectivity index (χ1v) is 11.5. The van der Waals surface area contributed by atoms with Gasteiger partial charge in [-0.25, -0.2) is 8.42 Å². The van der Waals surface area contributed by atoms with Crippen molar-refractivity contribution >= 4 is 33.3 Å². The van der Waals surface area contributed by atoms with E-state index < -0.39 is 16.6 Å². The Labute approximate surface area is 178 Å². The Morgan fingerprint density at radius 3 is 2.43 bits per heavy atom. The Morgan fingerprint density at radius 2 is 1.83 bits per heavy atom. The molecule has 0 radical (unpaired) electrons. The number of ether oxygens (including phenoxy) is 1. The molecular weight excluding hydrogens is 434 g/mol. The Balaban J connectivity index is 1.63. The van der Waals surface area contributed by atoms with Crippen molar-refractivity contribution in [2.75, 3.05) is 26.2 Å². The van der Waals surface area contributed by atoms with Crippen molar-refractivity contribution in [2.24, 2.45) is 0 Å². The molecule has 1 aromatic carbocycles. The van der Waals surface area contributed by atoms with Gasteiger partial charge in [0.2, 0.25) is 15.9 Å². The van der Waals surface area contributed by atoms with Crippen LogP contribution >= 0.6 is 11.3 Å². The van der Waals surface area contributed by atoms with E-state index in [4.69, 9.17) is 0 Å². The quantitative estimate of drug-likeness (QED) is 0.624. The number of nitrogens with zero attached hydrogens (tertiary/aromatic N) is 2. The minimum Gasteiger partial charge on any atom is -0.434 e. The summed E-state index contributed by atoms with van der Waals surface area (Å²) >= 11 is 1.44. The number of rotatable bonds is 6. The van der Waals surface area contributed by atoms with Crippen molar-refractivity contribution < 1.29 is 26.7 Å². The largest absolute Gasteiger partial charge is 0.434 e. The summed E-state index contributed by atoms with van der Waals surface area (Å²) in [6.07, 6.45) is 2.70. The maximum atomic E-state index is 12.9. The number of halogens is 2. The van der Waals surface area contributed by atoms with Crippen LogP contribution in [0.1, 0.15) is 15.3 Å². The van der Waals surface area contributed by atoms with E-state index in [1.54, 1.807) is 31.2 Å². The molecular formula is C20H22F2N2O4S2. The van der Waals surface area contributed by atoms with Gasteiger partial charge in [-0.3, -0.25) is 4.79 Å². The van der Waals surface area contributed by atoms with Crippen LogP contribution in [0.25, 0.3) is 6.08 Å². The molecule has 30 heavy (non-hydrogen) atoms. The van der Waals surface area contributed by atoms with Gasteiger partial charge in [-0.2, -0.15) is 13.1 Å². The molecule has 6 nitrogen and oxygen atoms in total. The van der Waals surface area contributed by atoms with E-state index >= 15 is 0 Å². The molecule has 0 spiro atoms. The van der Waals surface area contributed by atoms with Gasteiger partial charge in [0.05, 0.1) is 4.90 Å². The van der Waals surface area contributed by atoms with Gasteiger partial charge >= 0.3 is 6.61 Å². The highest BCUT2D eigenvalue weighted by atomic mass is 32.2. The lowest BCUT2D eigenvalue weighted by molar-refractivity contribution is -0.127. The second-order valence-electron chi connectivity index (χ2n) is 6.76. The minimum absolute atomic E-state index is 0.0195. The van der Waals surface area contributed by atoms with Crippen LogP contribution in [0.2, 0.25) is 0 Å². The lowest BCUT2D eigenvalue weighted by Crippen LogP contribution is -2.50. The number of para-hydroxylation sites is 1. The molecule has 0 N–H and O–H groups in total. The van der Waals surface area contributed by atoms with Gasteiger partial charge in [0.25, 0.3) is 0 Å². The molecule has 1 fully saturated rings. The first kappa shape index (κ1) is 22.4. The molecule has 1 amide bonds. The van der Waals surface area contributed by atoms with Crippen molar-refractivity contribution in [1.82, 2.24) is 9.21 Å². The molecule has 10 heteroatoms. The van der Waals surface area contributed by atoms with Gasteiger partial charge in [-0.05, 0) is 32.1 Å². The van der Waals surface area contributed by atoms with Crippen LogP contribution in [0.5, 0.6) is 5.75 Å². The molecule has 1 aromatic heterocycles. The average molecular weight is 457 g/mol. The summed E-state index contributed by atoms with van der Waals surface area (Å²) in [5.41, 5.74) is 0.357. The number of benzene rings is 1. The van der Waals surface area contributed by atoms with Crippen LogP contribution < -0.4 is 4.74 Å². The highest BCUT2D eigenvalue weighted by Crippen LogP contribution is 2.28. The van der Waals surface area contributed by atoms with E-state index in [1.165, 1.54) is 38.8 Å². The van der Waals surface area contributed by atoms with Crippen LogP contribution in [0.3, 0.4) is 0 Å². The lowest BCUT2D eigenvalue weighted by atomic mass is 10.2. The molecule has 0 atom stereocenters. The maximum absolute atomic E-state index is 12.9. The fraction of sp³-hybridized carbons (Fsp3) is 0.350. The number of hydrogen-bond donors (Lipinski definition) is 0. The van der Waals surface area contributed by atoms with Crippen molar-refractivity contribution in [3.05, 3.63) is 51.7 Å². The zero-order chi connectivity index (χ0) is 21.9. The predicted molar refractivity (Wildman–Crippen MR) is 111 cm³/mol. The third kappa shape index (κ3) is 5.05. The van der Waals surface area contributed by atoms with Gasteiger partial charge < -0.3 is 9.64 Å². The lowest BCUT2D eigenvalue weighted by Gasteiger charge is -2.33. The zero-order valence-corrected chi connectivity index (χ0v) is 18.2. The fourth-order valence-electron chi connectivity index (χ4n) is 3.24. The normalized spacial score (nSPS) is 15.8. The van der Waals surface area contributed by atoms with E-state index in [-0.39, 0.29) is 37.8 Å². The monoisotopic (exact) mass is 456 g/mol. The Morgan fingerprint density at radius 1 is 1.17 bits per heavy atom. The van der Waals surface area contributed by atoms with Gasteiger partial charge in [-0.15, -0.1) is 11.3 Å². The summed E-state index contributed by atoms with van der Waals surface area (Å²) in [6.45, 7) is 1.58. The first-order chi connectivity index (χ1) is 14.2. The summed E-state index contributed by atoms with van der Waals surface area (Å²) in [7, 11) is -3.59. The van der Waals surface area contributed by atoms with Crippen LogP contribution in [0.4, 0.5) is 8.78 Å². The Bertz CT molecular complexity index is 1040. The first-order valence-electron chi connectivity index (χ1n) is 9.26. The molecule has 1 aliphatic rings. The average Bonchev–Trinajstić information content (AvgIpc) is 3.05. The van der Waals surface area contributed by atoms with Crippen molar-refractivity contribution in [3.63, 3.8) is 0 Å². The molecule has 3 rings (SSSR count). The Hall–Kier alpha value is -2.30. The van der Waals surface area contributed by atoms with Gasteiger partial charge in [0.1, 0.15) is 5.75 Å². The van der Waals surface area contributed by atoms with Crippen LogP contribution in [0, 0.1) is 13.8 Å². The molecule has 2 aromatic rings. The van der Waals surface area contributed by atoms with Crippen molar-refractivity contribution in [1.29, 1.82) is 0 Å². The molecule has 162 valence electrons. The summed E-state index contributed by atoms with van der Waals surface area (Å²) in [4.78, 5) is 16.0. The van der Waals surface area contributed by atoms with Crippen LogP contribution in [-0.2, 0) is 14.8 Å². The highest BCUT2D eigenvalue weighted by molar-refractivity contribution is 7.89. The summed E-state index contributed by atoms with van der Waals surface area (Å²) in [5.74, 6) is -0.338. The smallest absolute Gasteiger partial charge is 0.387 e. The van der Waals surface area contributed by atoms with E-state index in [2.05, 4.69) is 4.74 Å². The van der Waals surface area contributed by atoms with Crippen LogP contribution in [-0.4, -0.2) is 56.3 Å². The van der Waals surface area contributed by atoms with E-state index in [1.807, 2.05) is 6.92 Å². The highest BCUT2D eigenvalue weighted by Gasteiger charge is 2.31. The van der Waals surface area contributed by atoms with Crippen molar-refractivity contribution in [2.45, 2.75) is 25.4 Å². The van der Waals surface area contributed by atoms with Gasteiger partial charge in [0.15, 0.2) is 0 Å². The number of alkyl halides is 2. The van der Waals surface area contributed by atoms with Gasteiger partial charge in [0, 0.05) is 47.6 Å². The van der Waals surface area contributed by atoms with Crippen molar-refractivity contribution in [3.8, 4) is 5.75 Å². The van der Waals surface area contributed by atoms with E-state index in [9.17, 15) is 22.0 Å². The number of amides is 1. The third-order valence-corrected chi connectivity index (χ3v) is 7.82. The maximum Gasteiger partial charge on any atom is 0.387 e. The number of aryl methyl sites for hydroxylation is 2. The molecule has 0 aliphatic carbocycles. The second kappa shape index (κ2) is 9.23. The number of thiophene rings is 1. The standard InChI is InChI=1S/C20H22F2N2O4S2/c1-14-13-18(15(2)29-14)30(26,27)24-11-9-23(10-12-24)19(25)8-7-16-5-3-4-6-17(16)28-20(21)22/h3-8,13,20H,9-12H2,1-2H3. The number of hydrogen-bond acceptors (Lipinski definition) is 5. The fourth-order valence-corrected chi connectivity index (χ4v) is 6.19. The SMILES string of the molecule is Cc1cc(S(=O)(=O)N2CCN(C(=O)C=Cc3ccccc3OC(F)F)CC2)c(C)s1. The molecule has 0 saturated carbocycles. The number of sulfonamides is 1. The number of carbonyl (C=O) groups excluding carboxylic acids is 1. The molecule has 0 unspecified atom stereocenters. The Kier molecular flexibility index (Phi) is 6.89. The van der Waals surface area contributed by atoms with E-state index in [0.717, 1.165) is 9.75 Å². The molecule has 1 aliphatic heterocycles. The minimum atomic E-state index is -3.59.